The second kappa shape index (κ2) is 9.39. The fourth-order valence-corrected chi connectivity index (χ4v) is 4.11. The lowest BCUT2D eigenvalue weighted by molar-refractivity contribution is -0.139. The number of benzene rings is 1. The lowest BCUT2D eigenvalue weighted by atomic mass is 9.95. The standard InChI is InChI=1S/C21H33N5O2/c1-4-22-20(27)21(28)23-15-19(26-12-10-24(2)11-13-26)17-7-8-18-16(14-17)6-5-9-25(18)3/h7-8,14,19H,4-6,9-13,15H2,1-3H3,(H,22,27)(H,23,28)/t19-/m0/s1. The molecule has 0 spiro atoms. The molecule has 2 aliphatic rings. The molecule has 0 bridgehead atoms. The van der Waals surface area contributed by atoms with Gasteiger partial charge in [-0.1, -0.05) is 12.1 Å². The number of aryl methyl sites for hydroxylation is 1. The Kier molecular flexibility index (Phi) is 6.91. The summed E-state index contributed by atoms with van der Waals surface area (Å²) in [6, 6.07) is 6.76. The zero-order valence-corrected chi connectivity index (χ0v) is 17.3. The third-order valence-electron chi connectivity index (χ3n) is 5.82. The minimum Gasteiger partial charge on any atom is -0.374 e. The summed E-state index contributed by atoms with van der Waals surface area (Å²) in [4.78, 5) is 31.0. The van der Waals surface area contributed by atoms with Crippen molar-refractivity contribution in [3.05, 3.63) is 29.3 Å². The highest BCUT2D eigenvalue weighted by Gasteiger charge is 2.26. The lowest BCUT2D eigenvalue weighted by Crippen LogP contribution is -2.49. The minimum absolute atomic E-state index is 0.0737. The van der Waals surface area contributed by atoms with Crippen LogP contribution >= 0.6 is 0 Å². The van der Waals surface area contributed by atoms with Gasteiger partial charge in [-0.15, -0.1) is 0 Å². The Balaban J connectivity index is 1.78. The van der Waals surface area contributed by atoms with Crippen LogP contribution < -0.4 is 15.5 Å². The summed E-state index contributed by atoms with van der Waals surface area (Å²) in [5.41, 5.74) is 3.90. The molecule has 2 amide bonds. The molecule has 1 saturated heterocycles. The monoisotopic (exact) mass is 387 g/mol. The van der Waals surface area contributed by atoms with E-state index in [1.165, 1.54) is 23.2 Å². The second-order valence-corrected chi connectivity index (χ2v) is 7.84. The predicted octanol–water partition coefficient (Wildman–Crippen LogP) is 0.610. The van der Waals surface area contributed by atoms with E-state index in [9.17, 15) is 9.59 Å². The van der Waals surface area contributed by atoms with E-state index in [2.05, 4.69) is 57.6 Å². The molecular weight excluding hydrogens is 354 g/mol. The summed E-state index contributed by atoms with van der Waals surface area (Å²) < 4.78 is 0. The maximum Gasteiger partial charge on any atom is 0.309 e. The number of hydrogen-bond donors (Lipinski definition) is 2. The molecule has 0 unspecified atom stereocenters. The van der Waals surface area contributed by atoms with Gasteiger partial charge in [-0.25, -0.2) is 0 Å². The molecule has 2 aliphatic heterocycles. The number of piperazine rings is 1. The van der Waals surface area contributed by atoms with Crippen molar-refractivity contribution in [1.29, 1.82) is 0 Å². The molecule has 3 rings (SSSR count). The Morgan fingerprint density at radius 3 is 2.46 bits per heavy atom. The number of carbonyl (C=O) groups is 2. The van der Waals surface area contributed by atoms with E-state index < -0.39 is 11.8 Å². The zero-order chi connectivity index (χ0) is 20.1. The quantitative estimate of drug-likeness (QED) is 0.725. The van der Waals surface area contributed by atoms with Gasteiger partial charge in [0.2, 0.25) is 0 Å². The van der Waals surface area contributed by atoms with Crippen LogP contribution in [0.2, 0.25) is 0 Å². The van der Waals surface area contributed by atoms with E-state index in [4.69, 9.17) is 0 Å². The van der Waals surface area contributed by atoms with Gasteiger partial charge in [0.15, 0.2) is 0 Å². The number of carbonyl (C=O) groups excluding carboxylic acids is 2. The van der Waals surface area contributed by atoms with Crippen molar-refractivity contribution in [1.82, 2.24) is 20.4 Å². The first-order valence-electron chi connectivity index (χ1n) is 10.3. The third kappa shape index (κ3) is 4.83. The Morgan fingerprint density at radius 1 is 1.04 bits per heavy atom. The summed E-state index contributed by atoms with van der Waals surface area (Å²) in [5, 5.41) is 5.41. The average molecular weight is 388 g/mol. The number of likely N-dealkylation sites (N-methyl/N-ethyl adjacent to an activating group) is 2. The number of hydrogen-bond acceptors (Lipinski definition) is 5. The van der Waals surface area contributed by atoms with Crippen molar-refractivity contribution < 1.29 is 9.59 Å². The fourth-order valence-electron chi connectivity index (χ4n) is 4.11. The van der Waals surface area contributed by atoms with Crippen LogP contribution in [0.15, 0.2) is 18.2 Å². The summed E-state index contributed by atoms with van der Waals surface area (Å²) in [7, 11) is 4.28. The first-order chi connectivity index (χ1) is 13.5. The summed E-state index contributed by atoms with van der Waals surface area (Å²) in [5.74, 6) is -1.12. The van der Waals surface area contributed by atoms with E-state index in [0.29, 0.717) is 13.1 Å². The van der Waals surface area contributed by atoms with Crippen molar-refractivity contribution in [3.63, 3.8) is 0 Å². The SMILES string of the molecule is CCNC(=O)C(=O)NC[C@@H](c1ccc2c(c1)CCCN2C)N1CCN(C)CC1. The van der Waals surface area contributed by atoms with Crippen molar-refractivity contribution in [2.24, 2.45) is 0 Å². The van der Waals surface area contributed by atoms with Crippen molar-refractivity contribution >= 4 is 17.5 Å². The highest BCUT2D eigenvalue weighted by Crippen LogP contribution is 2.31. The first kappa shape index (κ1) is 20.6. The molecule has 2 N–H and O–H groups in total. The number of nitrogens with one attached hydrogen (secondary N) is 2. The molecule has 0 aliphatic carbocycles. The molecule has 7 heteroatoms. The Morgan fingerprint density at radius 2 is 1.75 bits per heavy atom. The van der Waals surface area contributed by atoms with E-state index in [1.54, 1.807) is 0 Å². The summed E-state index contributed by atoms with van der Waals surface area (Å²) >= 11 is 0. The van der Waals surface area contributed by atoms with Gasteiger partial charge in [0.05, 0.1) is 6.04 Å². The zero-order valence-electron chi connectivity index (χ0n) is 17.3. The highest BCUT2D eigenvalue weighted by atomic mass is 16.2. The molecule has 7 nitrogen and oxygen atoms in total. The molecule has 28 heavy (non-hydrogen) atoms. The lowest BCUT2D eigenvalue weighted by Gasteiger charge is -2.39. The Hall–Kier alpha value is -2.12. The van der Waals surface area contributed by atoms with Gasteiger partial charge >= 0.3 is 11.8 Å². The van der Waals surface area contributed by atoms with Crippen LogP contribution in [0.25, 0.3) is 0 Å². The fraction of sp³-hybridized carbons (Fsp3) is 0.619. The summed E-state index contributed by atoms with van der Waals surface area (Å²) in [6.07, 6.45) is 2.26. The van der Waals surface area contributed by atoms with Gasteiger partial charge in [0.25, 0.3) is 0 Å². The van der Waals surface area contributed by atoms with Crippen LogP contribution in [0.1, 0.15) is 30.5 Å². The van der Waals surface area contributed by atoms with Crippen LogP contribution in [0.4, 0.5) is 5.69 Å². The number of nitrogens with zero attached hydrogens (tertiary/aromatic N) is 3. The van der Waals surface area contributed by atoms with Gasteiger partial charge in [-0.3, -0.25) is 14.5 Å². The van der Waals surface area contributed by atoms with E-state index in [-0.39, 0.29) is 6.04 Å². The molecule has 0 saturated carbocycles. The second-order valence-electron chi connectivity index (χ2n) is 7.84. The molecule has 1 fully saturated rings. The topological polar surface area (TPSA) is 67.9 Å². The van der Waals surface area contributed by atoms with Crippen LogP contribution in [0.3, 0.4) is 0 Å². The van der Waals surface area contributed by atoms with Crippen molar-refractivity contribution in [3.8, 4) is 0 Å². The molecule has 0 radical (unpaired) electrons. The molecule has 154 valence electrons. The first-order valence-corrected chi connectivity index (χ1v) is 10.3. The third-order valence-corrected chi connectivity index (χ3v) is 5.82. The van der Waals surface area contributed by atoms with Crippen molar-refractivity contribution in [2.75, 3.05) is 64.8 Å². The molecule has 0 aromatic heterocycles. The van der Waals surface area contributed by atoms with Gasteiger partial charge in [-0.05, 0) is 44.0 Å². The average Bonchev–Trinajstić information content (AvgIpc) is 2.69. The maximum atomic E-state index is 12.1. The normalized spacial score (nSPS) is 19.0. The number of amides is 2. The molecule has 2 heterocycles. The van der Waals surface area contributed by atoms with E-state index in [0.717, 1.165) is 39.1 Å². The maximum absolute atomic E-state index is 12.1. The van der Waals surface area contributed by atoms with E-state index >= 15 is 0 Å². The smallest absolute Gasteiger partial charge is 0.309 e. The van der Waals surface area contributed by atoms with Crippen LogP contribution in [-0.2, 0) is 16.0 Å². The van der Waals surface area contributed by atoms with Crippen LogP contribution in [0.5, 0.6) is 0 Å². The van der Waals surface area contributed by atoms with Gasteiger partial charge < -0.3 is 20.4 Å². The minimum atomic E-state index is -0.563. The Bertz CT molecular complexity index is 700. The molecule has 1 aromatic carbocycles. The van der Waals surface area contributed by atoms with Gasteiger partial charge in [0.1, 0.15) is 0 Å². The summed E-state index contributed by atoms with van der Waals surface area (Å²) in [6.45, 7) is 7.72. The van der Waals surface area contributed by atoms with Gasteiger partial charge in [0, 0.05) is 58.5 Å². The largest absolute Gasteiger partial charge is 0.374 e. The number of fused-ring (bicyclic) bond motifs is 1. The molecular formula is C21H33N5O2. The van der Waals surface area contributed by atoms with Gasteiger partial charge in [-0.2, -0.15) is 0 Å². The molecule has 1 aromatic rings. The van der Waals surface area contributed by atoms with Crippen LogP contribution in [-0.4, -0.2) is 81.5 Å². The van der Waals surface area contributed by atoms with E-state index in [1.807, 2.05) is 6.92 Å². The number of anilines is 1. The van der Waals surface area contributed by atoms with Crippen molar-refractivity contribution in [2.45, 2.75) is 25.8 Å². The predicted molar refractivity (Wildman–Crippen MR) is 112 cm³/mol. The van der Waals surface area contributed by atoms with Crippen LogP contribution in [0, 0.1) is 0 Å². The molecule has 1 atom stereocenters. The Labute approximate surface area is 168 Å². The number of rotatable bonds is 5. The highest BCUT2D eigenvalue weighted by molar-refractivity contribution is 6.35.